The van der Waals surface area contributed by atoms with E-state index in [-0.39, 0.29) is 17.2 Å². The normalized spacial score (nSPS) is 17.4. The van der Waals surface area contributed by atoms with Gasteiger partial charge in [-0.1, -0.05) is 90.0 Å². The number of rotatable bonds is 5. The van der Waals surface area contributed by atoms with Crippen molar-refractivity contribution in [2.24, 2.45) is 11.0 Å². The van der Waals surface area contributed by atoms with Crippen molar-refractivity contribution in [1.82, 2.24) is 5.43 Å². The minimum atomic E-state index is -0.273. The van der Waals surface area contributed by atoms with Gasteiger partial charge < -0.3 is 0 Å². The first-order valence-electron chi connectivity index (χ1n) is 9.62. The van der Waals surface area contributed by atoms with E-state index in [0.29, 0.717) is 0 Å². The topological polar surface area (TPSA) is 41.5 Å². The van der Waals surface area contributed by atoms with Crippen LogP contribution >= 0.6 is 0 Å². The first-order chi connectivity index (χ1) is 13.6. The Kier molecular flexibility index (Phi) is 4.82. The molecule has 1 aliphatic rings. The third kappa shape index (κ3) is 3.48. The van der Waals surface area contributed by atoms with Crippen molar-refractivity contribution < 1.29 is 4.79 Å². The van der Waals surface area contributed by atoms with E-state index in [4.69, 9.17) is 0 Å². The van der Waals surface area contributed by atoms with Gasteiger partial charge in [0.05, 0.1) is 12.1 Å². The summed E-state index contributed by atoms with van der Waals surface area (Å²) in [7, 11) is 0. The minimum absolute atomic E-state index is 0.0322. The fourth-order valence-corrected chi connectivity index (χ4v) is 4.02. The second kappa shape index (κ2) is 7.43. The van der Waals surface area contributed by atoms with Gasteiger partial charge in [0.15, 0.2) is 0 Å². The van der Waals surface area contributed by atoms with Crippen LogP contribution in [0.4, 0.5) is 0 Å². The Balaban J connectivity index is 1.60. The van der Waals surface area contributed by atoms with E-state index in [0.717, 1.165) is 12.0 Å². The molecule has 0 bridgehead atoms. The molecule has 0 saturated heterocycles. The third-order valence-electron chi connectivity index (χ3n) is 5.53. The average molecular weight is 368 g/mol. The second-order valence-electron chi connectivity index (χ2n) is 7.61. The largest absolute Gasteiger partial charge is 0.273 e. The zero-order valence-electron chi connectivity index (χ0n) is 16.2. The fraction of sp³-hybridized carbons (Fsp3) is 0.200. The maximum atomic E-state index is 12.9. The van der Waals surface area contributed by atoms with Crippen LogP contribution in [0, 0.1) is 19.8 Å². The van der Waals surface area contributed by atoms with Crippen molar-refractivity contribution in [3.63, 3.8) is 0 Å². The smallest absolute Gasteiger partial charge is 0.244 e. The van der Waals surface area contributed by atoms with Crippen LogP contribution < -0.4 is 5.43 Å². The van der Waals surface area contributed by atoms with Crippen LogP contribution in [0.1, 0.15) is 34.2 Å². The van der Waals surface area contributed by atoms with Gasteiger partial charge in [-0.15, -0.1) is 0 Å². The predicted octanol–water partition coefficient (Wildman–Crippen LogP) is 4.76. The minimum Gasteiger partial charge on any atom is -0.273 e. The summed E-state index contributed by atoms with van der Waals surface area (Å²) >= 11 is 0. The molecule has 1 saturated carbocycles. The molecule has 0 aromatic heterocycles. The van der Waals surface area contributed by atoms with E-state index in [1.165, 1.54) is 22.3 Å². The number of nitrogens with zero attached hydrogens (tertiary/aromatic N) is 1. The summed E-state index contributed by atoms with van der Waals surface area (Å²) in [6.45, 7) is 4.18. The number of benzene rings is 3. The Hall–Kier alpha value is -3.20. The summed E-state index contributed by atoms with van der Waals surface area (Å²) < 4.78 is 0. The molecule has 3 heteroatoms. The second-order valence-corrected chi connectivity index (χ2v) is 7.61. The molecule has 1 amide bonds. The molecule has 3 aromatic rings. The van der Waals surface area contributed by atoms with Crippen molar-refractivity contribution in [3.8, 4) is 0 Å². The first kappa shape index (κ1) is 18.2. The monoisotopic (exact) mass is 368 g/mol. The summed E-state index contributed by atoms with van der Waals surface area (Å²) in [6.07, 6.45) is 2.48. The summed E-state index contributed by atoms with van der Waals surface area (Å²) in [4.78, 5) is 12.9. The van der Waals surface area contributed by atoms with E-state index in [1.54, 1.807) is 6.21 Å². The molecule has 3 aromatic carbocycles. The Morgan fingerprint density at radius 3 is 2.11 bits per heavy atom. The first-order valence-corrected chi connectivity index (χ1v) is 9.62. The number of nitrogens with one attached hydrogen (secondary N) is 1. The molecule has 0 heterocycles. The Morgan fingerprint density at radius 2 is 1.54 bits per heavy atom. The Morgan fingerprint density at radius 1 is 0.929 bits per heavy atom. The van der Waals surface area contributed by atoms with Gasteiger partial charge in [-0.05, 0) is 37.0 Å². The lowest BCUT2D eigenvalue weighted by molar-refractivity contribution is -0.122. The summed E-state index contributed by atoms with van der Waals surface area (Å²) in [5.74, 6) is -0.154. The molecule has 3 nitrogen and oxygen atoms in total. The van der Waals surface area contributed by atoms with Gasteiger partial charge in [0, 0.05) is 5.41 Å². The van der Waals surface area contributed by atoms with Gasteiger partial charge in [-0.3, -0.25) is 4.79 Å². The molecule has 1 fully saturated rings. The van der Waals surface area contributed by atoms with Crippen LogP contribution in [0.3, 0.4) is 0 Å². The van der Waals surface area contributed by atoms with Crippen molar-refractivity contribution in [1.29, 1.82) is 0 Å². The number of carbonyl (C=O) groups is 1. The van der Waals surface area contributed by atoms with Crippen molar-refractivity contribution in [2.75, 3.05) is 0 Å². The Bertz CT molecular complexity index is 978. The van der Waals surface area contributed by atoms with Gasteiger partial charge in [0.2, 0.25) is 5.91 Å². The molecule has 0 radical (unpaired) electrons. The van der Waals surface area contributed by atoms with E-state index in [9.17, 15) is 4.79 Å². The fourth-order valence-electron chi connectivity index (χ4n) is 4.02. The van der Waals surface area contributed by atoms with Gasteiger partial charge in [-0.25, -0.2) is 5.43 Å². The van der Waals surface area contributed by atoms with Crippen LogP contribution in [0.15, 0.2) is 84.0 Å². The molecule has 0 aliphatic heterocycles. The molecule has 140 valence electrons. The zero-order chi connectivity index (χ0) is 19.6. The number of carbonyl (C=O) groups excluding carboxylic acids is 1. The van der Waals surface area contributed by atoms with E-state index >= 15 is 0 Å². The molecular weight excluding hydrogens is 344 g/mol. The van der Waals surface area contributed by atoms with Gasteiger partial charge >= 0.3 is 0 Å². The predicted molar refractivity (Wildman–Crippen MR) is 113 cm³/mol. The highest BCUT2D eigenvalue weighted by atomic mass is 16.2. The molecule has 1 N–H and O–H groups in total. The van der Waals surface area contributed by atoms with Crippen molar-refractivity contribution in [2.45, 2.75) is 25.7 Å². The lowest BCUT2D eigenvalue weighted by atomic mass is 9.84. The van der Waals surface area contributed by atoms with Gasteiger partial charge in [-0.2, -0.15) is 5.10 Å². The van der Waals surface area contributed by atoms with E-state index < -0.39 is 0 Å². The number of hydrogen-bond donors (Lipinski definition) is 1. The number of hydrogen-bond acceptors (Lipinski definition) is 2. The van der Waals surface area contributed by atoms with Gasteiger partial charge in [0.1, 0.15) is 0 Å². The Labute approximate surface area is 166 Å². The molecule has 1 aliphatic carbocycles. The highest BCUT2D eigenvalue weighted by molar-refractivity contribution is 5.87. The molecule has 28 heavy (non-hydrogen) atoms. The van der Waals surface area contributed by atoms with Crippen LogP contribution in [0.25, 0.3) is 0 Å². The van der Waals surface area contributed by atoms with E-state index in [2.05, 4.69) is 72.9 Å². The highest BCUT2D eigenvalue weighted by Crippen LogP contribution is 2.59. The van der Waals surface area contributed by atoms with Crippen molar-refractivity contribution >= 4 is 12.1 Å². The molecule has 4 rings (SSSR count). The summed E-state index contributed by atoms with van der Waals surface area (Å²) in [5.41, 5.74) is 8.25. The van der Waals surface area contributed by atoms with Gasteiger partial charge in [0.25, 0.3) is 0 Å². The molecule has 1 atom stereocenters. The quantitative estimate of drug-likeness (QED) is 0.512. The zero-order valence-corrected chi connectivity index (χ0v) is 16.2. The van der Waals surface area contributed by atoms with E-state index in [1.807, 2.05) is 30.3 Å². The maximum absolute atomic E-state index is 12.9. The average Bonchev–Trinajstić information content (AvgIpc) is 3.46. The highest BCUT2D eigenvalue weighted by Gasteiger charge is 2.60. The van der Waals surface area contributed by atoms with Crippen LogP contribution in [0.2, 0.25) is 0 Å². The molecule has 0 unspecified atom stereocenters. The maximum Gasteiger partial charge on any atom is 0.244 e. The summed E-state index contributed by atoms with van der Waals surface area (Å²) in [5, 5.41) is 4.17. The molecule has 0 spiro atoms. The third-order valence-corrected chi connectivity index (χ3v) is 5.53. The van der Waals surface area contributed by atoms with Crippen LogP contribution in [-0.2, 0) is 10.2 Å². The SMILES string of the molecule is Cc1cccc(C2(c3cccc(C)c3)C[C@H]2C(=O)N/N=C/c2ccccc2)c1. The van der Waals surface area contributed by atoms with Crippen LogP contribution in [0.5, 0.6) is 0 Å². The van der Waals surface area contributed by atoms with Crippen molar-refractivity contribution in [3.05, 3.63) is 107 Å². The standard InChI is InChI=1S/C25H24N2O/c1-18-8-6-12-21(14-18)25(22-13-7-9-19(2)15-22)16-23(25)24(28)27-26-17-20-10-4-3-5-11-20/h3-15,17,23H,16H2,1-2H3,(H,27,28)/b26-17+/t23-/m0/s1. The lowest BCUT2D eigenvalue weighted by Gasteiger charge is -2.19. The summed E-state index contributed by atoms with van der Waals surface area (Å²) in [6, 6.07) is 26.8. The molecular formula is C25H24N2O. The van der Waals surface area contributed by atoms with Crippen LogP contribution in [-0.4, -0.2) is 12.1 Å². The number of aryl methyl sites for hydroxylation is 2. The number of amides is 1. The number of hydrazone groups is 1. The lowest BCUT2D eigenvalue weighted by Crippen LogP contribution is -2.25.